The summed E-state index contributed by atoms with van der Waals surface area (Å²) in [5.74, 6) is 0.764. The van der Waals surface area contributed by atoms with Gasteiger partial charge in [0.2, 0.25) is 0 Å². The third-order valence-corrected chi connectivity index (χ3v) is 3.53. The Morgan fingerprint density at radius 2 is 2.04 bits per heavy atom. The smallest absolute Gasteiger partial charge is 0.331 e. The molecular weight excluding hydrogens is 338 g/mol. The second-order valence-corrected chi connectivity index (χ2v) is 5.35. The van der Waals surface area contributed by atoms with Gasteiger partial charge in [0.05, 0.1) is 26.5 Å². The Bertz CT molecular complexity index is 766. The molecule has 0 saturated carbocycles. The van der Waals surface area contributed by atoms with Crippen molar-refractivity contribution in [3.05, 3.63) is 54.0 Å². The lowest BCUT2D eigenvalue weighted by atomic mass is 10.2. The van der Waals surface area contributed by atoms with Crippen LogP contribution in [0.2, 0.25) is 0 Å². The van der Waals surface area contributed by atoms with E-state index in [0.717, 1.165) is 0 Å². The van der Waals surface area contributed by atoms with E-state index in [2.05, 4.69) is 5.32 Å². The molecule has 1 atom stereocenters. The van der Waals surface area contributed by atoms with Crippen molar-refractivity contribution in [1.82, 2.24) is 5.32 Å². The van der Waals surface area contributed by atoms with Gasteiger partial charge in [0.15, 0.2) is 6.61 Å². The quantitative estimate of drug-likeness (QED) is 0.576. The molecular formula is C19H21NO6. The van der Waals surface area contributed by atoms with Crippen molar-refractivity contribution < 1.29 is 28.2 Å². The first-order valence-corrected chi connectivity index (χ1v) is 7.93. The van der Waals surface area contributed by atoms with Gasteiger partial charge in [0.25, 0.3) is 5.91 Å². The molecule has 0 saturated heterocycles. The number of benzene rings is 1. The van der Waals surface area contributed by atoms with E-state index < -0.39 is 11.9 Å². The zero-order chi connectivity index (χ0) is 18.9. The maximum Gasteiger partial charge on any atom is 0.331 e. The summed E-state index contributed by atoms with van der Waals surface area (Å²) in [4.78, 5) is 23.6. The molecule has 138 valence electrons. The van der Waals surface area contributed by atoms with Crippen LogP contribution in [-0.2, 0) is 14.3 Å². The summed E-state index contributed by atoms with van der Waals surface area (Å²) in [5, 5.41) is 2.67. The Morgan fingerprint density at radius 1 is 1.23 bits per heavy atom. The van der Waals surface area contributed by atoms with Gasteiger partial charge >= 0.3 is 5.97 Å². The fraction of sp³-hybridized carbons (Fsp3) is 0.263. The molecule has 0 fully saturated rings. The van der Waals surface area contributed by atoms with Gasteiger partial charge in [0, 0.05) is 17.7 Å². The van der Waals surface area contributed by atoms with Crippen molar-refractivity contribution in [3.63, 3.8) is 0 Å². The molecule has 26 heavy (non-hydrogen) atoms. The Morgan fingerprint density at radius 3 is 2.69 bits per heavy atom. The second-order valence-electron chi connectivity index (χ2n) is 5.35. The number of rotatable bonds is 8. The highest BCUT2D eigenvalue weighted by Gasteiger charge is 2.13. The van der Waals surface area contributed by atoms with Gasteiger partial charge in [-0.3, -0.25) is 4.79 Å². The standard InChI is InChI=1S/C19H21NO6/c1-13(16-5-4-10-25-16)20-18(21)12-26-19(22)9-7-14-6-8-15(23-2)11-17(14)24-3/h4-11,13H,12H2,1-3H3,(H,20,21)/b9-7+/t13-/m0/s1. The lowest BCUT2D eigenvalue weighted by Crippen LogP contribution is -2.30. The molecule has 0 aliphatic heterocycles. The van der Waals surface area contributed by atoms with Crippen LogP contribution in [0.1, 0.15) is 24.3 Å². The highest BCUT2D eigenvalue weighted by molar-refractivity contribution is 5.89. The zero-order valence-electron chi connectivity index (χ0n) is 14.9. The Balaban J connectivity index is 1.84. The summed E-state index contributed by atoms with van der Waals surface area (Å²) in [7, 11) is 3.08. The number of ether oxygens (including phenoxy) is 3. The lowest BCUT2D eigenvalue weighted by molar-refractivity contribution is -0.144. The van der Waals surface area contributed by atoms with Gasteiger partial charge in [-0.05, 0) is 37.3 Å². The topological polar surface area (TPSA) is 87.0 Å². The Kier molecular flexibility index (Phi) is 6.84. The van der Waals surface area contributed by atoms with Crippen LogP contribution in [0.5, 0.6) is 11.5 Å². The van der Waals surface area contributed by atoms with Crippen molar-refractivity contribution >= 4 is 18.0 Å². The highest BCUT2D eigenvalue weighted by atomic mass is 16.5. The minimum Gasteiger partial charge on any atom is -0.497 e. The van der Waals surface area contributed by atoms with Gasteiger partial charge < -0.3 is 23.9 Å². The maximum atomic E-state index is 11.8. The number of esters is 1. The Labute approximate surface area is 151 Å². The molecule has 2 aromatic rings. The summed E-state index contributed by atoms with van der Waals surface area (Å²) >= 11 is 0. The molecule has 2 rings (SSSR count). The zero-order valence-corrected chi connectivity index (χ0v) is 14.9. The number of furan rings is 1. The minimum atomic E-state index is -0.635. The van der Waals surface area contributed by atoms with Crippen molar-refractivity contribution in [2.24, 2.45) is 0 Å². The van der Waals surface area contributed by atoms with E-state index in [9.17, 15) is 9.59 Å². The number of amides is 1. The molecule has 0 aliphatic rings. The van der Waals surface area contributed by atoms with Crippen LogP contribution in [0.3, 0.4) is 0 Å². The molecule has 0 spiro atoms. The SMILES string of the molecule is COc1ccc(/C=C/C(=O)OCC(=O)N[C@@H](C)c2ccco2)c(OC)c1. The van der Waals surface area contributed by atoms with Crippen LogP contribution in [0, 0.1) is 0 Å². The van der Waals surface area contributed by atoms with Gasteiger partial charge in [-0.1, -0.05) is 0 Å². The van der Waals surface area contributed by atoms with Crippen LogP contribution in [0.4, 0.5) is 0 Å². The molecule has 1 heterocycles. The molecule has 7 nitrogen and oxygen atoms in total. The molecule has 1 amide bonds. The third-order valence-electron chi connectivity index (χ3n) is 3.53. The van der Waals surface area contributed by atoms with Gasteiger partial charge in [-0.15, -0.1) is 0 Å². The number of hydrogen-bond acceptors (Lipinski definition) is 6. The lowest BCUT2D eigenvalue weighted by Gasteiger charge is -2.11. The first-order chi connectivity index (χ1) is 12.5. The van der Waals surface area contributed by atoms with E-state index >= 15 is 0 Å². The molecule has 0 bridgehead atoms. The van der Waals surface area contributed by atoms with E-state index in [1.54, 1.807) is 50.4 Å². The van der Waals surface area contributed by atoms with Gasteiger partial charge in [0.1, 0.15) is 17.3 Å². The van der Waals surface area contributed by atoms with Crippen LogP contribution in [0.25, 0.3) is 6.08 Å². The van der Waals surface area contributed by atoms with E-state index in [4.69, 9.17) is 18.6 Å². The number of methoxy groups -OCH3 is 2. The number of nitrogens with one attached hydrogen (secondary N) is 1. The predicted molar refractivity (Wildman–Crippen MR) is 94.8 cm³/mol. The van der Waals surface area contributed by atoms with E-state index in [-0.39, 0.29) is 12.6 Å². The maximum absolute atomic E-state index is 11.8. The van der Waals surface area contributed by atoms with Crippen LogP contribution in [-0.4, -0.2) is 32.7 Å². The molecule has 0 aliphatic carbocycles. The van der Waals surface area contributed by atoms with Crippen molar-refractivity contribution in [1.29, 1.82) is 0 Å². The monoisotopic (exact) mass is 359 g/mol. The molecule has 1 N–H and O–H groups in total. The minimum absolute atomic E-state index is 0.310. The van der Waals surface area contributed by atoms with Crippen LogP contribution >= 0.6 is 0 Å². The largest absolute Gasteiger partial charge is 0.497 e. The predicted octanol–water partition coefficient (Wildman–Crippen LogP) is 2.73. The summed E-state index contributed by atoms with van der Waals surface area (Å²) in [5.41, 5.74) is 0.682. The van der Waals surface area contributed by atoms with Crippen molar-refractivity contribution in [3.8, 4) is 11.5 Å². The second kappa shape index (κ2) is 9.31. The first-order valence-electron chi connectivity index (χ1n) is 7.93. The molecule has 0 unspecified atom stereocenters. The Hall–Kier alpha value is -3.22. The summed E-state index contributed by atoms with van der Waals surface area (Å²) in [6.07, 6.45) is 4.30. The summed E-state index contributed by atoms with van der Waals surface area (Å²) in [6, 6.07) is 8.37. The number of carbonyl (C=O) groups is 2. The highest BCUT2D eigenvalue weighted by Crippen LogP contribution is 2.25. The normalized spacial score (nSPS) is 11.8. The van der Waals surface area contributed by atoms with Gasteiger partial charge in [-0.2, -0.15) is 0 Å². The van der Waals surface area contributed by atoms with E-state index in [1.165, 1.54) is 19.4 Å². The average Bonchev–Trinajstić information content (AvgIpc) is 3.19. The number of carbonyl (C=O) groups excluding carboxylic acids is 2. The van der Waals surface area contributed by atoms with Crippen molar-refractivity contribution in [2.75, 3.05) is 20.8 Å². The summed E-state index contributed by atoms with van der Waals surface area (Å²) < 4.78 is 20.5. The van der Waals surface area contributed by atoms with Gasteiger partial charge in [-0.25, -0.2) is 4.79 Å². The molecule has 0 radical (unpaired) electrons. The number of hydrogen-bond donors (Lipinski definition) is 1. The third kappa shape index (κ3) is 5.41. The summed E-state index contributed by atoms with van der Waals surface area (Å²) in [6.45, 7) is 1.39. The first kappa shape index (κ1) is 19.1. The average molecular weight is 359 g/mol. The molecule has 1 aromatic carbocycles. The van der Waals surface area contributed by atoms with E-state index in [1.807, 2.05) is 0 Å². The molecule has 7 heteroatoms. The fourth-order valence-electron chi connectivity index (χ4n) is 2.19. The van der Waals surface area contributed by atoms with Crippen LogP contribution < -0.4 is 14.8 Å². The molecule has 1 aromatic heterocycles. The van der Waals surface area contributed by atoms with Crippen molar-refractivity contribution in [2.45, 2.75) is 13.0 Å². The van der Waals surface area contributed by atoms with Crippen LogP contribution in [0.15, 0.2) is 47.1 Å². The fourth-order valence-corrected chi connectivity index (χ4v) is 2.19. The van der Waals surface area contributed by atoms with E-state index in [0.29, 0.717) is 22.8 Å².